The van der Waals surface area contributed by atoms with Crippen molar-refractivity contribution >= 4 is 11.0 Å². The number of para-hydroxylation sites is 2. The molecule has 3 aromatic carbocycles. The zero-order chi connectivity index (χ0) is 20.2. The molecule has 1 aromatic heterocycles. The van der Waals surface area contributed by atoms with Crippen LogP contribution in [0.2, 0.25) is 0 Å². The first-order valence-electron chi connectivity index (χ1n) is 9.94. The molecule has 0 saturated heterocycles. The van der Waals surface area contributed by atoms with Gasteiger partial charge >= 0.3 is 0 Å². The van der Waals surface area contributed by atoms with Crippen LogP contribution in [0.15, 0.2) is 66.7 Å². The minimum atomic E-state index is 0.418. The Morgan fingerprint density at radius 2 is 1.59 bits per heavy atom. The molecule has 0 aliphatic heterocycles. The standard InChI is InChI=1S/C25H26N2O2/c1-18-9-12-21(13-10-18)29-17-25-26-22-6-4-5-7-23(22)27(25)14-15-28-24-16-19(2)8-11-20(24)3/h4-13,16H,14-15,17H2,1-3H3. The normalized spacial score (nSPS) is 11.0. The van der Waals surface area contributed by atoms with Crippen LogP contribution in [0, 0.1) is 20.8 Å². The zero-order valence-corrected chi connectivity index (χ0v) is 17.2. The van der Waals surface area contributed by atoms with E-state index in [1.54, 1.807) is 0 Å². The highest BCUT2D eigenvalue weighted by Crippen LogP contribution is 2.21. The Morgan fingerprint density at radius 1 is 0.828 bits per heavy atom. The van der Waals surface area contributed by atoms with Crippen molar-refractivity contribution in [3.63, 3.8) is 0 Å². The maximum atomic E-state index is 6.08. The molecule has 0 N–H and O–H groups in total. The summed E-state index contributed by atoms with van der Waals surface area (Å²) in [6, 6.07) is 22.5. The van der Waals surface area contributed by atoms with Crippen LogP contribution in [0.1, 0.15) is 22.5 Å². The van der Waals surface area contributed by atoms with Crippen molar-refractivity contribution < 1.29 is 9.47 Å². The second kappa shape index (κ2) is 8.39. The molecule has 0 unspecified atom stereocenters. The van der Waals surface area contributed by atoms with Gasteiger partial charge in [0.05, 0.1) is 17.6 Å². The van der Waals surface area contributed by atoms with E-state index in [-0.39, 0.29) is 0 Å². The van der Waals surface area contributed by atoms with Gasteiger partial charge in [-0.2, -0.15) is 0 Å². The Kier molecular flexibility index (Phi) is 5.52. The summed E-state index contributed by atoms with van der Waals surface area (Å²) in [5, 5.41) is 0. The first-order valence-corrected chi connectivity index (χ1v) is 9.94. The SMILES string of the molecule is Cc1ccc(OCc2nc3ccccc3n2CCOc2cc(C)ccc2C)cc1. The average Bonchev–Trinajstić information content (AvgIpc) is 3.08. The lowest BCUT2D eigenvalue weighted by atomic mass is 10.1. The fraction of sp³-hybridized carbons (Fsp3) is 0.240. The number of benzene rings is 3. The Morgan fingerprint density at radius 3 is 2.41 bits per heavy atom. The van der Waals surface area contributed by atoms with E-state index in [0.29, 0.717) is 19.8 Å². The molecule has 0 amide bonds. The van der Waals surface area contributed by atoms with E-state index in [9.17, 15) is 0 Å². The van der Waals surface area contributed by atoms with Gasteiger partial charge in [-0.3, -0.25) is 0 Å². The molecular weight excluding hydrogens is 360 g/mol. The van der Waals surface area contributed by atoms with Crippen LogP contribution in [0.5, 0.6) is 11.5 Å². The molecule has 0 saturated carbocycles. The van der Waals surface area contributed by atoms with Crippen LogP contribution >= 0.6 is 0 Å². The summed E-state index contributed by atoms with van der Waals surface area (Å²) in [7, 11) is 0. The van der Waals surface area contributed by atoms with E-state index in [4.69, 9.17) is 14.5 Å². The topological polar surface area (TPSA) is 36.3 Å². The molecule has 4 aromatic rings. The largest absolute Gasteiger partial charge is 0.491 e. The molecule has 148 valence electrons. The Hall–Kier alpha value is -3.27. The molecule has 0 radical (unpaired) electrons. The van der Waals surface area contributed by atoms with Crippen LogP contribution in [0.4, 0.5) is 0 Å². The number of ether oxygens (including phenoxy) is 2. The van der Waals surface area contributed by atoms with Crippen LogP contribution in [-0.4, -0.2) is 16.2 Å². The minimum absolute atomic E-state index is 0.418. The lowest BCUT2D eigenvalue weighted by Gasteiger charge is -2.13. The van der Waals surface area contributed by atoms with Gasteiger partial charge in [-0.1, -0.05) is 42.0 Å². The van der Waals surface area contributed by atoms with Crippen molar-refractivity contribution in [1.82, 2.24) is 9.55 Å². The monoisotopic (exact) mass is 386 g/mol. The third-order valence-corrected chi connectivity index (χ3v) is 5.04. The van der Waals surface area contributed by atoms with Gasteiger partial charge in [-0.05, 0) is 62.2 Å². The van der Waals surface area contributed by atoms with Crippen molar-refractivity contribution in [3.8, 4) is 11.5 Å². The lowest BCUT2D eigenvalue weighted by molar-refractivity contribution is 0.271. The first kappa shape index (κ1) is 19.1. The number of imidazole rings is 1. The maximum Gasteiger partial charge on any atom is 0.148 e. The van der Waals surface area contributed by atoms with Crippen LogP contribution in [-0.2, 0) is 13.2 Å². The molecule has 0 aliphatic rings. The van der Waals surface area contributed by atoms with Crippen LogP contribution in [0.25, 0.3) is 11.0 Å². The number of fused-ring (bicyclic) bond motifs is 1. The average molecular weight is 386 g/mol. The summed E-state index contributed by atoms with van der Waals surface area (Å²) in [5.41, 5.74) is 5.63. The third-order valence-electron chi connectivity index (χ3n) is 5.04. The summed E-state index contributed by atoms with van der Waals surface area (Å²) in [5.74, 6) is 2.68. The second-order valence-electron chi connectivity index (χ2n) is 7.39. The molecule has 0 bridgehead atoms. The molecule has 0 aliphatic carbocycles. The minimum Gasteiger partial charge on any atom is -0.491 e. The quantitative estimate of drug-likeness (QED) is 0.414. The van der Waals surface area contributed by atoms with Crippen molar-refractivity contribution in [2.24, 2.45) is 0 Å². The van der Waals surface area contributed by atoms with E-state index >= 15 is 0 Å². The molecule has 0 fully saturated rings. The number of nitrogens with zero attached hydrogens (tertiary/aromatic N) is 2. The van der Waals surface area contributed by atoms with Gasteiger partial charge in [-0.15, -0.1) is 0 Å². The summed E-state index contributed by atoms with van der Waals surface area (Å²) in [6.07, 6.45) is 0. The fourth-order valence-corrected chi connectivity index (χ4v) is 3.38. The highest BCUT2D eigenvalue weighted by atomic mass is 16.5. The first-order chi connectivity index (χ1) is 14.1. The highest BCUT2D eigenvalue weighted by molar-refractivity contribution is 5.75. The van der Waals surface area contributed by atoms with E-state index in [2.05, 4.69) is 61.7 Å². The van der Waals surface area contributed by atoms with Gasteiger partial charge in [0.1, 0.15) is 30.5 Å². The smallest absolute Gasteiger partial charge is 0.148 e. The van der Waals surface area contributed by atoms with Gasteiger partial charge in [0.15, 0.2) is 0 Å². The van der Waals surface area contributed by atoms with Crippen molar-refractivity contribution in [2.45, 2.75) is 33.9 Å². The van der Waals surface area contributed by atoms with Crippen LogP contribution in [0.3, 0.4) is 0 Å². The third kappa shape index (κ3) is 4.43. The van der Waals surface area contributed by atoms with E-state index in [1.165, 1.54) is 11.1 Å². The molecule has 4 heteroatoms. The molecule has 4 nitrogen and oxygen atoms in total. The van der Waals surface area contributed by atoms with Gasteiger partial charge in [0.25, 0.3) is 0 Å². The van der Waals surface area contributed by atoms with Gasteiger partial charge in [-0.25, -0.2) is 4.98 Å². The van der Waals surface area contributed by atoms with Crippen molar-refractivity contribution in [2.75, 3.05) is 6.61 Å². The second-order valence-corrected chi connectivity index (χ2v) is 7.39. The van der Waals surface area contributed by atoms with Crippen molar-refractivity contribution in [3.05, 3.63) is 89.2 Å². The number of hydrogen-bond acceptors (Lipinski definition) is 3. The zero-order valence-electron chi connectivity index (χ0n) is 17.2. The van der Waals surface area contributed by atoms with Crippen molar-refractivity contribution in [1.29, 1.82) is 0 Å². The Balaban J connectivity index is 1.51. The molecular formula is C25H26N2O2. The summed E-state index contributed by atoms with van der Waals surface area (Å²) in [4.78, 5) is 4.79. The maximum absolute atomic E-state index is 6.08. The summed E-state index contributed by atoms with van der Waals surface area (Å²) >= 11 is 0. The predicted octanol–water partition coefficient (Wildman–Crippen LogP) is 5.62. The Bertz CT molecular complexity index is 1110. The lowest BCUT2D eigenvalue weighted by Crippen LogP contribution is -2.13. The summed E-state index contributed by atoms with van der Waals surface area (Å²) < 4.78 is 14.3. The summed E-state index contributed by atoms with van der Waals surface area (Å²) in [6.45, 7) is 7.92. The number of aryl methyl sites for hydroxylation is 3. The van der Waals surface area contributed by atoms with Gasteiger partial charge in [0.2, 0.25) is 0 Å². The number of rotatable bonds is 7. The molecule has 0 atom stereocenters. The van der Waals surface area contributed by atoms with Gasteiger partial charge in [0, 0.05) is 0 Å². The molecule has 0 spiro atoms. The van der Waals surface area contributed by atoms with E-state index in [0.717, 1.165) is 33.9 Å². The molecule has 29 heavy (non-hydrogen) atoms. The highest BCUT2D eigenvalue weighted by Gasteiger charge is 2.11. The molecule has 4 rings (SSSR count). The van der Waals surface area contributed by atoms with Crippen LogP contribution < -0.4 is 9.47 Å². The van der Waals surface area contributed by atoms with Gasteiger partial charge < -0.3 is 14.0 Å². The number of hydrogen-bond donors (Lipinski definition) is 0. The molecule has 1 heterocycles. The van der Waals surface area contributed by atoms with E-state index in [1.807, 2.05) is 30.3 Å². The predicted molar refractivity (Wildman–Crippen MR) is 117 cm³/mol. The Labute approximate surface area is 171 Å². The van der Waals surface area contributed by atoms with E-state index < -0.39 is 0 Å². The fourth-order valence-electron chi connectivity index (χ4n) is 3.38. The number of aromatic nitrogens is 2.